The number of halogens is 1. The summed E-state index contributed by atoms with van der Waals surface area (Å²) in [5.74, 6) is 1.25. The lowest BCUT2D eigenvalue weighted by atomic mass is 10.3. The quantitative estimate of drug-likeness (QED) is 0.799. The smallest absolute Gasteiger partial charge is 0.150 e. The molecule has 0 saturated carbocycles. The fourth-order valence-corrected chi connectivity index (χ4v) is 1.76. The normalized spacial score (nSPS) is 10.2. The molecular weight excluding hydrogens is 274 g/mol. The van der Waals surface area contributed by atoms with Crippen molar-refractivity contribution in [3.05, 3.63) is 60.1 Å². The Labute approximate surface area is 120 Å². The minimum Gasteiger partial charge on any atom is -0.324 e. The summed E-state index contributed by atoms with van der Waals surface area (Å²) in [5, 5.41) is 3.66. The summed E-state index contributed by atoms with van der Waals surface area (Å²) < 4.78 is 0. The van der Waals surface area contributed by atoms with Crippen LogP contribution >= 0.6 is 11.6 Å². The number of anilines is 2. The van der Waals surface area contributed by atoms with Gasteiger partial charge in [0.1, 0.15) is 11.5 Å². The number of nitrogens with one attached hydrogen (secondary N) is 1. The van der Waals surface area contributed by atoms with E-state index in [0.29, 0.717) is 22.4 Å². The van der Waals surface area contributed by atoms with Crippen LogP contribution in [-0.4, -0.2) is 19.9 Å². The van der Waals surface area contributed by atoms with Crippen molar-refractivity contribution in [2.45, 2.75) is 0 Å². The molecule has 0 bridgehead atoms. The number of rotatable bonds is 3. The van der Waals surface area contributed by atoms with Crippen LogP contribution in [0.5, 0.6) is 0 Å². The molecule has 0 fully saturated rings. The molecular formula is C14H10ClN5. The van der Waals surface area contributed by atoms with E-state index in [0.717, 1.165) is 5.69 Å². The van der Waals surface area contributed by atoms with Crippen molar-refractivity contribution in [3.63, 3.8) is 0 Å². The second-order valence-electron chi connectivity index (χ2n) is 3.99. The Kier molecular flexibility index (Phi) is 3.52. The lowest BCUT2D eigenvalue weighted by Gasteiger charge is -2.06. The van der Waals surface area contributed by atoms with E-state index in [1.165, 1.54) is 0 Å². The van der Waals surface area contributed by atoms with E-state index in [4.69, 9.17) is 11.6 Å². The number of nitrogens with zero attached hydrogens (tertiary/aromatic N) is 4. The maximum absolute atomic E-state index is 5.79. The SMILES string of the molecule is Clc1ccc(Nc2cncc(-c3ccccn3)n2)nc1. The highest BCUT2D eigenvalue weighted by atomic mass is 35.5. The van der Waals surface area contributed by atoms with Gasteiger partial charge in [0.15, 0.2) is 5.82 Å². The zero-order valence-electron chi connectivity index (χ0n) is 10.4. The predicted octanol–water partition coefficient (Wildman–Crippen LogP) is 3.33. The molecule has 20 heavy (non-hydrogen) atoms. The van der Waals surface area contributed by atoms with E-state index in [9.17, 15) is 0 Å². The molecule has 0 spiro atoms. The molecule has 0 radical (unpaired) electrons. The Morgan fingerprint density at radius 2 is 1.80 bits per heavy atom. The summed E-state index contributed by atoms with van der Waals surface area (Å²) in [5.41, 5.74) is 1.47. The molecule has 3 aromatic heterocycles. The van der Waals surface area contributed by atoms with Gasteiger partial charge in [-0.25, -0.2) is 9.97 Å². The lowest BCUT2D eigenvalue weighted by Crippen LogP contribution is -1.98. The number of pyridine rings is 2. The molecule has 0 aliphatic carbocycles. The van der Waals surface area contributed by atoms with Crippen LogP contribution in [0, 0.1) is 0 Å². The van der Waals surface area contributed by atoms with E-state index in [1.807, 2.05) is 18.2 Å². The van der Waals surface area contributed by atoms with Crippen molar-refractivity contribution in [3.8, 4) is 11.4 Å². The summed E-state index contributed by atoms with van der Waals surface area (Å²) in [7, 11) is 0. The van der Waals surface area contributed by atoms with Gasteiger partial charge in [0, 0.05) is 12.4 Å². The monoisotopic (exact) mass is 283 g/mol. The van der Waals surface area contributed by atoms with Crippen LogP contribution in [0.4, 0.5) is 11.6 Å². The lowest BCUT2D eigenvalue weighted by molar-refractivity contribution is 1.16. The first kappa shape index (κ1) is 12.5. The average molecular weight is 284 g/mol. The van der Waals surface area contributed by atoms with Gasteiger partial charge in [-0.2, -0.15) is 0 Å². The van der Waals surface area contributed by atoms with E-state index >= 15 is 0 Å². The Morgan fingerprint density at radius 1 is 0.850 bits per heavy atom. The van der Waals surface area contributed by atoms with Gasteiger partial charge in [-0.3, -0.25) is 9.97 Å². The second-order valence-corrected chi connectivity index (χ2v) is 4.43. The van der Waals surface area contributed by atoms with Crippen LogP contribution in [0.3, 0.4) is 0 Å². The standard InChI is InChI=1S/C14H10ClN5/c15-10-4-5-13(18-7-10)20-14-9-16-8-12(19-14)11-3-1-2-6-17-11/h1-9H,(H,18,19,20). The molecule has 3 heterocycles. The Bertz CT molecular complexity index is 700. The first-order valence-corrected chi connectivity index (χ1v) is 6.31. The zero-order valence-corrected chi connectivity index (χ0v) is 11.1. The third-order valence-corrected chi connectivity index (χ3v) is 2.77. The predicted molar refractivity (Wildman–Crippen MR) is 77.8 cm³/mol. The summed E-state index contributed by atoms with van der Waals surface area (Å²) >= 11 is 5.79. The maximum atomic E-state index is 5.79. The highest BCUT2D eigenvalue weighted by Crippen LogP contribution is 2.17. The zero-order chi connectivity index (χ0) is 13.8. The van der Waals surface area contributed by atoms with E-state index < -0.39 is 0 Å². The van der Waals surface area contributed by atoms with Crippen molar-refractivity contribution in [1.82, 2.24) is 19.9 Å². The molecule has 5 nitrogen and oxygen atoms in total. The first-order chi connectivity index (χ1) is 9.81. The van der Waals surface area contributed by atoms with Crippen molar-refractivity contribution < 1.29 is 0 Å². The maximum Gasteiger partial charge on any atom is 0.150 e. The van der Waals surface area contributed by atoms with E-state index in [-0.39, 0.29) is 0 Å². The van der Waals surface area contributed by atoms with Crippen molar-refractivity contribution >= 4 is 23.2 Å². The summed E-state index contributed by atoms with van der Waals surface area (Å²) in [4.78, 5) is 17.0. The van der Waals surface area contributed by atoms with Gasteiger partial charge < -0.3 is 5.32 Å². The molecule has 0 amide bonds. The van der Waals surface area contributed by atoms with Crippen LogP contribution in [-0.2, 0) is 0 Å². The van der Waals surface area contributed by atoms with Crippen molar-refractivity contribution in [2.75, 3.05) is 5.32 Å². The molecule has 0 aromatic carbocycles. The molecule has 3 rings (SSSR count). The van der Waals surface area contributed by atoms with E-state index in [1.54, 1.807) is 36.9 Å². The van der Waals surface area contributed by atoms with Crippen molar-refractivity contribution in [2.24, 2.45) is 0 Å². The minimum atomic E-state index is 0.587. The number of aromatic nitrogens is 4. The minimum absolute atomic E-state index is 0.587. The van der Waals surface area contributed by atoms with Gasteiger partial charge in [0.25, 0.3) is 0 Å². The molecule has 0 unspecified atom stereocenters. The molecule has 0 atom stereocenters. The Morgan fingerprint density at radius 3 is 2.55 bits per heavy atom. The number of hydrogen-bond donors (Lipinski definition) is 1. The van der Waals surface area contributed by atoms with Gasteiger partial charge in [-0.1, -0.05) is 17.7 Å². The number of hydrogen-bond acceptors (Lipinski definition) is 5. The summed E-state index contributed by atoms with van der Waals surface area (Å²) in [6, 6.07) is 9.18. The molecule has 1 N–H and O–H groups in total. The van der Waals surface area contributed by atoms with Crippen LogP contribution in [0.2, 0.25) is 5.02 Å². The third-order valence-electron chi connectivity index (χ3n) is 2.55. The largest absolute Gasteiger partial charge is 0.324 e. The molecule has 0 aliphatic heterocycles. The second kappa shape index (κ2) is 5.63. The summed E-state index contributed by atoms with van der Waals surface area (Å²) in [6.07, 6.45) is 6.59. The average Bonchev–Trinajstić information content (AvgIpc) is 2.51. The van der Waals surface area contributed by atoms with Gasteiger partial charge in [-0.05, 0) is 24.3 Å². The van der Waals surface area contributed by atoms with E-state index in [2.05, 4.69) is 25.3 Å². The topological polar surface area (TPSA) is 63.6 Å². The summed E-state index contributed by atoms with van der Waals surface area (Å²) in [6.45, 7) is 0. The molecule has 6 heteroatoms. The van der Waals surface area contributed by atoms with Crippen LogP contribution in [0.25, 0.3) is 11.4 Å². The van der Waals surface area contributed by atoms with Gasteiger partial charge in [0.05, 0.1) is 23.1 Å². The van der Waals surface area contributed by atoms with Gasteiger partial charge in [-0.15, -0.1) is 0 Å². The Hall–Kier alpha value is -2.53. The van der Waals surface area contributed by atoms with Gasteiger partial charge in [0.2, 0.25) is 0 Å². The molecule has 0 saturated heterocycles. The first-order valence-electron chi connectivity index (χ1n) is 5.93. The van der Waals surface area contributed by atoms with Crippen molar-refractivity contribution in [1.29, 1.82) is 0 Å². The molecule has 3 aromatic rings. The van der Waals surface area contributed by atoms with Crippen LogP contribution < -0.4 is 5.32 Å². The van der Waals surface area contributed by atoms with Crippen LogP contribution in [0.1, 0.15) is 0 Å². The fourth-order valence-electron chi connectivity index (χ4n) is 1.64. The fraction of sp³-hybridized carbons (Fsp3) is 0. The highest BCUT2D eigenvalue weighted by molar-refractivity contribution is 6.30. The molecule has 98 valence electrons. The highest BCUT2D eigenvalue weighted by Gasteiger charge is 2.03. The Balaban J connectivity index is 1.86. The van der Waals surface area contributed by atoms with Gasteiger partial charge >= 0.3 is 0 Å². The van der Waals surface area contributed by atoms with Crippen LogP contribution in [0.15, 0.2) is 55.1 Å². The third kappa shape index (κ3) is 2.89. The molecule has 0 aliphatic rings.